The number of hydrogen-bond acceptors (Lipinski definition) is 5. The molecular formula is C14H18N2O2S2. The maximum atomic E-state index is 11.9. The first-order chi connectivity index (χ1) is 9.70. The van der Waals surface area contributed by atoms with E-state index in [1.54, 1.807) is 18.4 Å². The SMILES string of the molecule is COCCCNC(=O)C(C)Sc1nc2ccccc2s1. The number of amides is 1. The third kappa shape index (κ3) is 4.19. The van der Waals surface area contributed by atoms with E-state index in [9.17, 15) is 4.79 Å². The van der Waals surface area contributed by atoms with Crippen LogP contribution >= 0.6 is 23.1 Å². The molecular weight excluding hydrogens is 292 g/mol. The Balaban J connectivity index is 1.86. The first kappa shape index (κ1) is 15.3. The van der Waals surface area contributed by atoms with Crippen LogP contribution < -0.4 is 5.32 Å². The number of aromatic nitrogens is 1. The standard InChI is InChI=1S/C14H18N2O2S2/c1-10(13(17)15-8-5-9-18-2)19-14-16-11-6-3-4-7-12(11)20-14/h3-4,6-7,10H,5,8-9H2,1-2H3,(H,15,17). The van der Waals surface area contributed by atoms with Crippen molar-refractivity contribution in [3.05, 3.63) is 24.3 Å². The van der Waals surface area contributed by atoms with Crippen molar-refractivity contribution >= 4 is 39.2 Å². The highest BCUT2D eigenvalue weighted by Crippen LogP contribution is 2.31. The number of nitrogens with one attached hydrogen (secondary N) is 1. The summed E-state index contributed by atoms with van der Waals surface area (Å²) in [6, 6.07) is 8.02. The average Bonchev–Trinajstić information content (AvgIpc) is 2.85. The minimum Gasteiger partial charge on any atom is -0.385 e. The number of rotatable bonds is 7. The maximum absolute atomic E-state index is 11.9. The summed E-state index contributed by atoms with van der Waals surface area (Å²) in [6.07, 6.45) is 0.834. The molecule has 2 rings (SSSR count). The lowest BCUT2D eigenvalue weighted by Gasteiger charge is -2.09. The lowest BCUT2D eigenvalue weighted by atomic mass is 10.3. The molecule has 1 amide bonds. The van der Waals surface area contributed by atoms with E-state index in [1.807, 2.05) is 31.2 Å². The van der Waals surface area contributed by atoms with Gasteiger partial charge in [-0.3, -0.25) is 4.79 Å². The second-order valence-electron chi connectivity index (χ2n) is 4.34. The molecule has 0 radical (unpaired) electrons. The molecule has 0 saturated carbocycles. The number of thioether (sulfide) groups is 1. The van der Waals surface area contributed by atoms with Gasteiger partial charge < -0.3 is 10.1 Å². The van der Waals surface area contributed by atoms with Gasteiger partial charge in [-0.1, -0.05) is 23.9 Å². The summed E-state index contributed by atoms with van der Waals surface area (Å²) in [4.78, 5) is 16.5. The topological polar surface area (TPSA) is 51.2 Å². The quantitative estimate of drug-likeness (QED) is 0.631. The number of carbonyl (C=O) groups excluding carboxylic acids is 1. The first-order valence-electron chi connectivity index (χ1n) is 6.49. The Kier molecular flexibility index (Phi) is 5.82. The fourth-order valence-corrected chi connectivity index (χ4v) is 3.91. The molecule has 0 saturated heterocycles. The van der Waals surface area contributed by atoms with Crippen molar-refractivity contribution in [3.63, 3.8) is 0 Å². The first-order valence-corrected chi connectivity index (χ1v) is 8.19. The van der Waals surface area contributed by atoms with Gasteiger partial charge >= 0.3 is 0 Å². The number of nitrogens with zero attached hydrogens (tertiary/aromatic N) is 1. The molecule has 2 aromatic rings. The fourth-order valence-electron chi connectivity index (χ4n) is 1.68. The number of carbonyl (C=O) groups is 1. The van der Waals surface area contributed by atoms with Crippen LogP contribution in [0.5, 0.6) is 0 Å². The molecule has 108 valence electrons. The number of benzene rings is 1. The molecule has 0 aliphatic carbocycles. The van der Waals surface area contributed by atoms with Gasteiger partial charge in [0.05, 0.1) is 15.5 Å². The van der Waals surface area contributed by atoms with Crippen LogP contribution in [-0.4, -0.2) is 36.4 Å². The monoisotopic (exact) mass is 310 g/mol. The average molecular weight is 310 g/mol. The summed E-state index contributed by atoms with van der Waals surface area (Å²) >= 11 is 3.13. The normalized spacial score (nSPS) is 12.5. The van der Waals surface area contributed by atoms with E-state index >= 15 is 0 Å². The van der Waals surface area contributed by atoms with Crippen molar-refractivity contribution in [2.45, 2.75) is 22.9 Å². The number of ether oxygens (including phenoxy) is 1. The van der Waals surface area contributed by atoms with Crippen molar-refractivity contribution in [2.24, 2.45) is 0 Å². The zero-order valence-electron chi connectivity index (χ0n) is 11.6. The van der Waals surface area contributed by atoms with Gasteiger partial charge in [0.15, 0.2) is 4.34 Å². The molecule has 0 aliphatic rings. The van der Waals surface area contributed by atoms with Gasteiger partial charge in [-0.05, 0) is 25.5 Å². The number of thiazole rings is 1. The van der Waals surface area contributed by atoms with E-state index in [0.717, 1.165) is 21.0 Å². The van der Waals surface area contributed by atoms with E-state index in [1.165, 1.54) is 11.8 Å². The Hall–Kier alpha value is -1.11. The van der Waals surface area contributed by atoms with Gasteiger partial charge in [-0.2, -0.15) is 0 Å². The van der Waals surface area contributed by atoms with E-state index in [0.29, 0.717) is 13.2 Å². The second-order valence-corrected chi connectivity index (χ2v) is 6.96. The molecule has 0 aliphatic heterocycles. The van der Waals surface area contributed by atoms with Crippen LogP contribution in [0.2, 0.25) is 0 Å². The number of methoxy groups -OCH3 is 1. The van der Waals surface area contributed by atoms with Crippen LogP contribution in [0.25, 0.3) is 10.2 Å². The molecule has 6 heteroatoms. The van der Waals surface area contributed by atoms with E-state index < -0.39 is 0 Å². The van der Waals surface area contributed by atoms with Gasteiger partial charge in [0.1, 0.15) is 0 Å². The number of para-hydroxylation sites is 1. The Morgan fingerprint density at radius 3 is 3.05 bits per heavy atom. The van der Waals surface area contributed by atoms with Crippen LogP contribution in [0.3, 0.4) is 0 Å². The Morgan fingerprint density at radius 1 is 1.50 bits per heavy atom. The highest BCUT2D eigenvalue weighted by molar-refractivity contribution is 8.02. The van der Waals surface area contributed by atoms with E-state index in [-0.39, 0.29) is 11.2 Å². The van der Waals surface area contributed by atoms with Crippen LogP contribution in [0, 0.1) is 0 Å². The Morgan fingerprint density at radius 2 is 2.30 bits per heavy atom. The van der Waals surface area contributed by atoms with Crippen LogP contribution in [-0.2, 0) is 9.53 Å². The molecule has 1 unspecified atom stereocenters. The molecule has 1 aromatic carbocycles. The number of fused-ring (bicyclic) bond motifs is 1. The van der Waals surface area contributed by atoms with Crippen molar-refractivity contribution in [1.82, 2.24) is 10.3 Å². The third-order valence-corrected chi connectivity index (χ3v) is 4.98. The minimum atomic E-state index is -0.141. The lowest BCUT2D eigenvalue weighted by molar-refractivity contribution is -0.120. The second kappa shape index (κ2) is 7.61. The largest absolute Gasteiger partial charge is 0.385 e. The summed E-state index contributed by atoms with van der Waals surface area (Å²) in [7, 11) is 1.66. The van der Waals surface area contributed by atoms with Crippen LogP contribution in [0.1, 0.15) is 13.3 Å². The summed E-state index contributed by atoms with van der Waals surface area (Å²) in [6.45, 7) is 3.22. The lowest BCUT2D eigenvalue weighted by Crippen LogP contribution is -2.32. The van der Waals surface area contributed by atoms with Gasteiger partial charge in [-0.25, -0.2) is 4.98 Å². The predicted molar refractivity (Wildman–Crippen MR) is 84.4 cm³/mol. The molecule has 1 aromatic heterocycles. The number of hydrogen-bond donors (Lipinski definition) is 1. The van der Waals surface area contributed by atoms with Crippen molar-refractivity contribution in [2.75, 3.05) is 20.3 Å². The third-order valence-electron chi connectivity index (χ3n) is 2.75. The summed E-state index contributed by atoms with van der Waals surface area (Å²) in [5.74, 6) is 0.0466. The van der Waals surface area contributed by atoms with Crippen LogP contribution in [0.15, 0.2) is 28.6 Å². The molecule has 20 heavy (non-hydrogen) atoms. The highest BCUT2D eigenvalue weighted by Gasteiger charge is 2.16. The molecule has 1 atom stereocenters. The zero-order chi connectivity index (χ0) is 14.4. The van der Waals surface area contributed by atoms with E-state index in [4.69, 9.17) is 4.74 Å². The fraction of sp³-hybridized carbons (Fsp3) is 0.429. The highest BCUT2D eigenvalue weighted by atomic mass is 32.2. The molecule has 1 N–H and O–H groups in total. The summed E-state index contributed by atoms with van der Waals surface area (Å²) in [5.41, 5.74) is 0.993. The Labute approximate surface area is 126 Å². The van der Waals surface area contributed by atoms with Gasteiger partial charge in [0.2, 0.25) is 5.91 Å². The summed E-state index contributed by atoms with van der Waals surface area (Å²) in [5, 5.41) is 2.77. The van der Waals surface area contributed by atoms with Crippen molar-refractivity contribution in [1.29, 1.82) is 0 Å². The molecule has 0 bridgehead atoms. The molecule has 1 heterocycles. The predicted octanol–water partition coefficient (Wildman–Crippen LogP) is 2.93. The van der Waals surface area contributed by atoms with Crippen LogP contribution in [0.4, 0.5) is 0 Å². The summed E-state index contributed by atoms with van der Waals surface area (Å²) < 4.78 is 7.04. The Bertz CT molecular complexity index is 538. The minimum absolute atomic E-state index is 0.0466. The molecule has 0 spiro atoms. The van der Waals surface area contributed by atoms with Crippen molar-refractivity contribution < 1.29 is 9.53 Å². The zero-order valence-corrected chi connectivity index (χ0v) is 13.2. The maximum Gasteiger partial charge on any atom is 0.233 e. The van der Waals surface area contributed by atoms with Gasteiger partial charge in [0, 0.05) is 20.3 Å². The van der Waals surface area contributed by atoms with Crippen molar-refractivity contribution in [3.8, 4) is 0 Å². The smallest absolute Gasteiger partial charge is 0.233 e. The van der Waals surface area contributed by atoms with Gasteiger partial charge in [0.25, 0.3) is 0 Å². The molecule has 0 fully saturated rings. The van der Waals surface area contributed by atoms with E-state index in [2.05, 4.69) is 10.3 Å². The molecule has 4 nitrogen and oxygen atoms in total. The van der Waals surface area contributed by atoms with Gasteiger partial charge in [-0.15, -0.1) is 11.3 Å².